The van der Waals surface area contributed by atoms with Gasteiger partial charge in [0.25, 0.3) is 0 Å². The van der Waals surface area contributed by atoms with Crippen molar-refractivity contribution in [3.63, 3.8) is 0 Å². The van der Waals surface area contributed by atoms with Crippen molar-refractivity contribution in [3.05, 3.63) is 33.4 Å². The molecule has 5 nitrogen and oxygen atoms in total. The van der Waals surface area contributed by atoms with Crippen molar-refractivity contribution in [2.75, 3.05) is 13.1 Å². The van der Waals surface area contributed by atoms with Gasteiger partial charge in [0, 0.05) is 22.1 Å². The molecule has 0 bridgehead atoms. The van der Waals surface area contributed by atoms with Crippen molar-refractivity contribution >= 4 is 46.3 Å². The summed E-state index contributed by atoms with van der Waals surface area (Å²) in [5.74, 6) is 0. The number of benzene rings is 1. The van der Waals surface area contributed by atoms with Crippen LogP contribution in [0.25, 0.3) is 0 Å². The van der Waals surface area contributed by atoms with Crippen LogP contribution in [0.5, 0.6) is 0 Å². The molecule has 1 unspecified atom stereocenters. The van der Waals surface area contributed by atoms with E-state index >= 15 is 0 Å². The van der Waals surface area contributed by atoms with Crippen LogP contribution in [0.1, 0.15) is 59.9 Å². The Morgan fingerprint density at radius 3 is 2.29 bits per heavy atom. The first-order valence-electron chi connectivity index (χ1n) is 9.54. The van der Waals surface area contributed by atoms with Gasteiger partial charge in [-0.1, -0.05) is 22.6 Å². The van der Waals surface area contributed by atoms with Gasteiger partial charge in [0.1, 0.15) is 21.7 Å². The van der Waals surface area contributed by atoms with E-state index in [1.54, 1.807) is 4.90 Å². The zero-order chi connectivity index (χ0) is 21.2. The number of hydrogen-bond acceptors (Lipinski definition) is 4. The molecule has 0 aromatic heterocycles. The Labute approximate surface area is 185 Å². The number of ether oxygens (including phenoxy) is 1. The predicted octanol–water partition coefficient (Wildman–Crippen LogP) is 5.09. The van der Waals surface area contributed by atoms with Gasteiger partial charge in [0.05, 0.1) is 6.21 Å². The maximum absolute atomic E-state index is 12.5. The molecule has 7 heteroatoms. The van der Waals surface area contributed by atoms with Crippen LogP contribution in [0.2, 0.25) is 0 Å². The minimum absolute atomic E-state index is 0.279. The standard InChI is InChI=1S/C21H31IN2O3S/c1-19(2,3)27-18(25)24-13-11-21(12-14-24,15-23-28(26)20(4,5)6)16-9-7-8-10-17(16)22/h7-10,15H,11-14H2,1-6H3/b23-15-. The third-order valence-electron chi connectivity index (χ3n) is 4.64. The van der Waals surface area contributed by atoms with E-state index in [1.807, 2.05) is 59.9 Å². The summed E-state index contributed by atoms with van der Waals surface area (Å²) in [7, 11) is 0. The van der Waals surface area contributed by atoms with Crippen LogP contribution in [-0.4, -0.2) is 45.2 Å². The highest BCUT2D eigenvalue weighted by Crippen LogP contribution is 2.37. The van der Waals surface area contributed by atoms with E-state index in [2.05, 4.69) is 39.1 Å². The Balaban J connectivity index is 2.27. The average Bonchev–Trinajstić information content (AvgIpc) is 2.58. The Morgan fingerprint density at radius 2 is 1.79 bits per heavy atom. The lowest BCUT2D eigenvalue weighted by Crippen LogP contribution is -2.48. The Bertz CT molecular complexity index is 717. The molecule has 1 atom stereocenters. The topological polar surface area (TPSA) is 65.0 Å². The number of amides is 1. The van der Waals surface area contributed by atoms with E-state index in [0.717, 1.165) is 16.4 Å². The molecule has 1 aliphatic heterocycles. The van der Waals surface area contributed by atoms with E-state index < -0.39 is 21.7 Å². The van der Waals surface area contributed by atoms with Crippen LogP contribution in [0, 0.1) is 3.57 Å². The molecule has 156 valence electrons. The van der Waals surface area contributed by atoms with Gasteiger partial charge >= 0.3 is 6.09 Å². The molecule has 1 heterocycles. The van der Waals surface area contributed by atoms with Crippen LogP contribution in [-0.2, 0) is 21.5 Å². The highest BCUT2D eigenvalue weighted by Gasteiger charge is 2.40. The van der Waals surface area contributed by atoms with E-state index in [-0.39, 0.29) is 11.5 Å². The summed E-state index contributed by atoms with van der Waals surface area (Å²) < 4.78 is 23.2. The lowest BCUT2D eigenvalue weighted by molar-refractivity contribution is 0.0190. The first-order chi connectivity index (χ1) is 12.8. The van der Waals surface area contributed by atoms with Crippen LogP contribution in [0.15, 0.2) is 28.7 Å². The SMILES string of the molecule is CC(C)(C)OC(=O)N1CCC(/C=N\[S+]([O-])C(C)(C)C)(c2ccccc2I)CC1. The number of likely N-dealkylation sites (tertiary alicyclic amines) is 1. The molecule has 1 aromatic rings. The summed E-state index contributed by atoms with van der Waals surface area (Å²) in [6.45, 7) is 12.5. The number of piperidine rings is 1. The van der Waals surface area contributed by atoms with Gasteiger partial charge < -0.3 is 14.2 Å². The quantitative estimate of drug-likeness (QED) is 0.318. The smallest absolute Gasteiger partial charge is 0.410 e. The van der Waals surface area contributed by atoms with Gasteiger partial charge in [-0.05, 0) is 88.6 Å². The number of carbonyl (C=O) groups excluding carboxylic acids is 1. The lowest BCUT2D eigenvalue weighted by atomic mass is 9.74. The maximum atomic E-state index is 12.5. The summed E-state index contributed by atoms with van der Waals surface area (Å²) in [6, 6.07) is 8.22. The number of hydrogen-bond donors (Lipinski definition) is 0. The molecule has 1 aliphatic rings. The van der Waals surface area contributed by atoms with Gasteiger partial charge in [-0.25, -0.2) is 4.79 Å². The zero-order valence-electron chi connectivity index (χ0n) is 17.6. The fourth-order valence-electron chi connectivity index (χ4n) is 3.05. The van der Waals surface area contributed by atoms with Crippen molar-refractivity contribution < 1.29 is 14.1 Å². The minimum atomic E-state index is -1.31. The normalized spacial score (nSPS) is 18.9. The monoisotopic (exact) mass is 518 g/mol. The summed E-state index contributed by atoms with van der Waals surface area (Å²) in [6.07, 6.45) is 3.03. The highest BCUT2D eigenvalue weighted by atomic mass is 127. The molecule has 1 saturated heterocycles. The minimum Gasteiger partial charge on any atom is -0.591 e. The predicted molar refractivity (Wildman–Crippen MR) is 124 cm³/mol. The van der Waals surface area contributed by atoms with Crippen LogP contribution < -0.4 is 0 Å². The second kappa shape index (κ2) is 8.92. The molecule has 1 amide bonds. The zero-order valence-corrected chi connectivity index (χ0v) is 20.6. The molecule has 1 fully saturated rings. The first-order valence-corrected chi connectivity index (χ1v) is 11.7. The molecule has 28 heavy (non-hydrogen) atoms. The Morgan fingerprint density at radius 1 is 1.21 bits per heavy atom. The molecule has 0 N–H and O–H groups in total. The number of nitrogens with zero attached hydrogens (tertiary/aromatic N) is 2. The summed E-state index contributed by atoms with van der Waals surface area (Å²) >= 11 is 1.03. The third-order valence-corrected chi connectivity index (χ3v) is 6.92. The summed E-state index contributed by atoms with van der Waals surface area (Å²) in [5, 5.41) is 0. The van der Waals surface area contributed by atoms with Gasteiger partial charge in [-0.3, -0.25) is 0 Å². The van der Waals surface area contributed by atoms with Crippen LogP contribution >= 0.6 is 22.6 Å². The fraction of sp³-hybridized carbons (Fsp3) is 0.619. The molecular weight excluding hydrogens is 487 g/mol. The first kappa shape index (κ1) is 23.5. The molecular formula is C21H31IN2O3S. The van der Waals surface area contributed by atoms with Crippen molar-refractivity contribution in [2.45, 2.75) is 70.1 Å². The van der Waals surface area contributed by atoms with Crippen LogP contribution in [0.3, 0.4) is 0 Å². The fourth-order valence-corrected chi connectivity index (χ4v) is 4.59. The van der Waals surface area contributed by atoms with E-state index in [0.29, 0.717) is 13.1 Å². The molecule has 0 aliphatic carbocycles. The molecule has 0 radical (unpaired) electrons. The second-order valence-electron chi connectivity index (χ2n) is 9.20. The lowest BCUT2D eigenvalue weighted by Gasteiger charge is -2.40. The largest absolute Gasteiger partial charge is 0.591 e. The number of rotatable bonds is 3. The number of carbonyl (C=O) groups is 1. The van der Waals surface area contributed by atoms with Crippen molar-refractivity contribution in [1.29, 1.82) is 0 Å². The van der Waals surface area contributed by atoms with Crippen molar-refractivity contribution in [1.82, 2.24) is 4.90 Å². The van der Waals surface area contributed by atoms with E-state index in [1.165, 1.54) is 5.56 Å². The second-order valence-corrected chi connectivity index (χ2v) is 12.3. The Hall–Kier alpha value is -0.800. The van der Waals surface area contributed by atoms with Gasteiger partial charge in [0.2, 0.25) is 0 Å². The summed E-state index contributed by atoms with van der Waals surface area (Å²) in [4.78, 5) is 14.2. The number of halogens is 1. The van der Waals surface area contributed by atoms with E-state index in [4.69, 9.17) is 4.74 Å². The Kier molecular flexibility index (Phi) is 7.48. The van der Waals surface area contributed by atoms with Crippen molar-refractivity contribution in [3.8, 4) is 0 Å². The van der Waals surface area contributed by atoms with Gasteiger partial charge in [-0.15, -0.1) is 0 Å². The van der Waals surface area contributed by atoms with Gasteiger partial charge in [0.15, 0.2) is 0 Å². The van der Waals surface area contributed by atoms with E-state index in [9.17, 15) is 9.35 Å². The van der Waals surface area contributed by atoms with Crippen molar-refractivity contribution in [2.24, 2.45) is 4.40 Å². The molecule has 0 saturated carbocycles. The average molecular weight is 518 g/mol. The molecule has 2 rings (SSSR count). The molecule has 0 spiro atoms. The maximum Gasteiger partial charge on any atom is 0.410 e. The third kappa shape index (κ3) is 6.10. The van der Waals surface area contributed by atoms with Crippen LogP contribution in [0.4, 0.5) is 4.79 Å². The highest BCUT2D eigenvalue weighted by molar-refractivity contribution is 14.1. The van der Waals surface area contributed by atoms with Gasteiger partial charge in [-0.2, -0.15) is 0 Å². The molecule has 1 aromatic carbocycles. The summed E-state index contributed by atoms with van der Waals surface area (Å²) in [5.41, 5.74) is 0.331.